The van der Waals surface area contributed by atoms with Gasteiger partial charge in [-0.3, -0.25) is 4.79 Å². The minimum Gasteiger partial charge on any atom is -0.480 e. The average Bonchev–Trinajstić information content (AvgIpc) is 3.27. The van der Waals surface area contributed by atoms with E-state index in [0.29, 0.717) is 42.9 Å². The summed E-state index contributed by atoms with van der Waals surface area (Å²) < 4.78 is 26.9. The molecule has 5 rings (SSSR count). The molecule has 0 spiro atoms. The van der Waals surface area contributed by atoms with E-state index in [-0.39, 0.29) is 28.9 Å². The topological polar surface area (TPSA) is 114 Å². The normalized spacial score (nSPS) is 14.1. The molecule has 12 heteroatoms. The van der Waals surface area contributed by atoms with E-state index in [1.807, 2.05) is 26.8 Å². The first kappa shape index (κ1) is 26.1. The summed E-state index contributed by atoms with van der Waals surface area (Å²) in [4.78, 5) is 42.8. The van der Waals surface area contributed by atoms with Gasteiger partial charge in [0.15, 0.2) is 11.5 Å². The Labute approximate surface area is 224 Å². The number of rotatable bonds is 4. The van der Waals surface area contributed by atoms with Crippen molar-refractivity contribution >= 4 is 40.1 Å². The van der Waals surface area contributed by atoms with Crippen LogP contribution in [0.4, 0.5) is 20.6 Å². The van der Waals surface area contributed by atoms with Gasteiger partial charge in [0.2, 0.25) is 5.88 Å². The maximum atomic E-state index is 14.6. The number of pyridine rings is 1. The number of aryl methyl sites for hydroxylation is 1. The summed E-state index contributed by atoms with van der Waals surface area (Å²) in [7, 11) is 1.47. The van der Waals surface area contributed by atoms with E-state index in [0.717, 1.165) is 5.69 Å². The van der Waals surface area contributed by atoms with Gasteiger partial charge in [-0.05, 0) is 39.8 Å². The van der Waals surface area contributed by atoms with Crippen LogP contribution in [0, 0.1) is 12.7 Å². The maximum absolute atomic E-state index is 14.6. The fourth-order valence-corrected chi connectivity index (χ4v) is 4.51. The number of nitrogens with one attached hydrogen (secondary N) is 1. The van der Waals surface area contributed by atoms with Gasteiger partial charge in [-0.15, -0.1) is 0 Å². The molecule has 3 aromatic heterocycles. The Hall–Kier alpha value is -4.48. The van der Waals surface area contributed by atoms with Crippen molar-refractivity contribution in [3.8, 4) is 5.88 Å². The molecular formula is C27H30FN7O4. The van der Waals surface area contributed by atoms with Gasteiger partial charge in [-0.25, -0.2) is 24.1 Å². The minimum atomic E-state index is -0.565. The third-order valence-corrected chi connectivity index (χ3v) is 6.27. The number of halogens is 1. The SMILES string of the molecule is COc1cnc2c(N3CCN(C(=O)OC(C)(C)C)CC3)ccc(C(=O)Nc3cc(F)c4nc(C)cn4c3)c2n1. The van der Waals surface area contributed by atoms with E-state index in [1.54, 1.807) is 30.3 Å². The van der Waals surface area contributed by atoms with Crippen LogP contribution in [0.15, 0.2) is 36.8 Å². The van der Waals surface area contributed by atoms with Crippen LogP contribution in [0.5, 0.6) is 5.88 Å². The summed E-state index contributed by atoms with van der Waals surface area (Å²) in [5, 5.41) is 2.76. The van der Waals surface area contributed by atoms with Crippen LogP contribution in [0.2, 0.25) is 0 Å². The second kappa shape index (κ2) is 10.0. The lowest BCUT2D eigenvalue weighted by Crippen LogP contribution is -2.50. The molecule has 1 aliphatic rings. The van der Waals surface area contributed by atoms with Crippen LogP contribution < -0.4 is 15.0 Å². The Morgan fingerprint density at radius 3 is 2.49 bits per heavy atom. The van der Waals surface area contributed by atoms with Crippen molar-refractivity contribution in [3.05, 3.63) is 53.9 Å². The Balaban J connectivity index is 1.42. The number of ether oxygens (including phenoxy) is 2. The molecule has 0 aliphatic carbocycles. The highest BCUT2D eigenvalue weighted by Crippen LogP contribution is 2.30. The third kappa shape index (κ3) is 5.40. The molecule has 0 radical (unpaired) electrons. The number of nitrogens with zero attached hydrogens (tertiary/aromatic N) is 6. The number of hydrogen-bond donors (Lipinski definition) is 1. The monoisotopic (exact) mass is 535 g/mol. The lowest BCUT2D eigenvalue weighted by molar-refractivity contribution is 0.0240. The molecule has 1 N–H and O–H groups in total. The predicted molar refractivity (Wildman–Crippen MR) is 144 cm³/mol. The number of benzene rings is 1. The van der Waals surface area contributed by atoms with E-state index in [1.165, 1.54) is 23.8 Å². The number of fused-ring (bicyclic) bond motifs is 2. The third-order valence-electron chi connectivity index (χ3n) is 6.27. The fourth-order valence-electron chi connectivity index (χ4n) is 4.51. The molecule has 204 valence electrons. The van der Waals surface area contributed by atoms with Crippen LogP contribution in [0.25, 0.3) is 16.7 Å². The maximum Gasteiger partial charge on any atom is 0.410 e. The second-order valence-corrected chi connectivity index (χ2v) is 10.3. The lowest BCUT2D eigenvalue weighted by Gasteiger charge is -2.37. The van der Waals surface area contributed by atoms with Crippen molar-refractivity contribution in [3.63, 3.8) is 0 Å². The van der Waals surface area contributed by atoms with Gasteiger partial charge in [0.25, 0.3) is 5.91 Å². The van der Waals surface area contributed by atoms with E-state index >= 15 is 0 Å². The number of methoxy groups -OCH3 is 1. The first-order chi connectivity index (χ1) is 18.5. The number of imidazole rings is 1. The Morgan fingerprint density at radius 2 is 1.79 bits per heavy atom. The van der Waals surface area contributed by atoms with Crippen LogP contribution in [0.3, 0.4) is 0 Å². The lowest BCUT2D eigenvalue weighted by atomic mass is 10.1. The van der Waals surface area contributed by atoms with Gasteiger partial charge in [0, 0.05) is 44.6 Å². The largest absolute Gasteiger partial charge is 0.480 e. The first-order valence-electron chi connectivity index (χ1n) is 12.6. The van der Waals surface area contributed by atoms with Crippen molar-refractivity contribution in [2.24, 2.45) is 0 Å². The summed E-state index contributed by atoms with van der Waals surface area (Å²) in [6.45, 7) is 9.34. The molecule has 1 aromatic carbocycles. The van der Waals surface area contributed by atoms with Gasteiger partial charge in [0.1, 0.15) is 16.6 Å². The molecule has 1 aliphatic heterocycles. The van der Waals surface area contributed by atoms with Gasteiger partial charge >= 0.3 is 6.09 Å². The molecular weight excluding hydrogens is 505 g/mol. The molecule has 1 fully saturated rings. The van der Waals surface area contributed by atoms with E-state index in [9.17, 15) is 14.0 Å². The van der Waals surface area contributed by atoms with Crippen molar-refractivity contribution in [1.29, 1.82) is 0 Å². The standard InChI is InChI=1S/C27H30FN7O4/c1-16-14-35-15-17(12-19(28)24(35)30-16)31-25(36)18-6-7-20(23-22(18)32-21(38-5)13-29-23)33-8-10-34(11-9-33)26(37)39-27(2,3)4/h6-7,12-15H,8-11H2,1-5H3,(H,31,36). The van der Waals surface area contributed by atoms with Crippen LogP contribution in [-0.4, -0.2) is 75.1 Å². The summed E-state index contributed by atoms with van der Waals surface area (Å²) in [6, 6.07) is 4.70. The number of hydrogen-bond acceptors (Lipinski definition) is 8. The summed E-state index contributed by atoms with van der Waals surface area (Å²) in [5.74, 6) is -0.766. The molecule has 39 heavy (non-hydrogen) atoms. The zero-order chi connectivity index (χ0) is 27.9. The molecule has 1 saturated heterocycles. The van der Waals surface area contributed by atoms with Crippen molar-refractivity contribution < 1.29 is 23.5 Å². The zero-order valence-corrected chi connectivity index (χ0v) is 22.5. The number of anilines is 2. The molecule has 4 heterocycles. The summed E-state index contributed by atoms with van der Waals surface area (Å²) in [6.07, 6.45) is 4.43. The van der Waals surface area contributed by atoms with Crippen molar-refractivity contribution in [2.75, 3.05) is 43.5 Å². The van der Waals surface area contributed by atoms with Gasteiger partial charge in [-0.1, -0.05) is 0 Å². The number of piperazine rings is 1. The highest BCUT2D eigenvalue weighted by Gasteiger charge is 2.27. The summed E-state index contributed by atoms with van der Waals surface area (Å²) >= 11 is 0. The van der Waals surface area contributed by atoms with Gasteiger partial charge in [-0.2, -0.15) is 0 Å². The number of amides is 2. The molecule has 2 amide bonds. The highest BCUT2D eigenvalue weighted by molar-refractivity contribution is 6.13. The van der Waals surface area contributed by atoms with Crippen LogP contribution in [0.1, 0.15) is 36.8 Å². The highest BCUT2D eigenvalue weighted by atomic mass is 19.1. The smallest absolute Gasteiger partial charge is 0.410 e. The molecule has 11 nitrogen and oxygen atoms in total. The Bertz CT molecular complexity index is 1570. The van der Waals surface area contributed by atoms with E-state index in [2.05, 4.69) is 25.2 Å². The van der Waals surface area contributed by atoms with Gasteiger partial charge < -0.3 is 29.0 Å². The van der Waals surface area contributed by atoms with Crippen LogP contribution >= 0.6 is 0 Å². The fraction of sp³-hybridized carbons (Fsp3) is 0.370. The Morgan fingerprint density at radius 1 is 1.05 bits per heavy atom. The number of carbonyl (C=O) groups is 2. The molecule has 0 atom stereocenters. The number of aromatic nitrogens is 4. The average molecular weight is 536 g/mol. The predicted octanol–water partition coefficient (Wildman–Crippen LogP) is 4.04. The quantitative estimate of drug-likeness (QED) is 0.417. The Kier molecular flexibility index (Phi) is 6.71. The van der Waals surface area contributed by atoms with E-state index in [4.69, 9.17) is 9.47 Å². The molecule has 0 saturated carbocycles. The van der Waals surface area contributed by atoms with Crippen molar-refractivity contribution in [2.45, 2.75) is 33.3 Å². The summed E-state index contributed by atoms with van der Waals surface area (Å²) in [5.41, 5.74) is 2.45. The minimum absolute atomic E-state index is 0.183. The van der Waals surface area contributed by atoms with Crippen LogP contribution in [-0.2, 0) is 4.74 Å². The molecule has 0 bridgehead atoms. The molecule has 4 aromatic rings. The van der Waals surface area contributed by atoms with E-state index < -0.39 is 17.3 Å². The second-order valence-electron chi connectivity index (χ2n) is 10.3. The number of carbonyl (C=O) groups excluding carboxylic acids is 2. The first-order valence-corrected chi connectivity index (χ1v) is 12.6. The van der Waals surface area contributed by atoms with Crippen molar-refractivity contribution in [1.82, 2.24) is 24.3 Å². The van der Waals surface area contributed by atoms with Gasteiger partial charge in [0.05, 0.1) is 35.9 Å². The zero-order valence-electron chi connectivity index (χ0n) is 22.5. The molecule has 0 unspecified atom stereocenters.